The first-order valence-electron chi connectivity index (χ1n) is 5.20. The topological polar surface area (TPSA) is 52.7 Å². The highest BCUT2D eigenvalue weighted by Gasteiger charge is 2.08. The zero-order valence-electron chi connectivity index (χ0n) is 9.64. The number of quaternary nitrogens is 1. The molecule has 0 spiro atoms. The first-order chi connectivity index (χ1) is 7.26. The van der Waals surface area contributed by atoms with Gasteiger partial charge in [0, 0.05) is 23.0 Å². The number of ether oxygens (including phenoxy) is 1. The Kier molecular flexibility index (Phi) is 4.21. The summed E-state index contributed by atoms with van der Waals surface area (Å²) in [5.41, 5.74) is 7.68. The first kappa shape index (κ1) is 12.9. The Morgan fingerprint density at radius 1 is 1.38 bits per heavy atom. The SMILES string of the molecule is COc1ccc2[nH]c(C)c(CC[NH3+])c2c1.[Cl-]. The van der Waals surface area contributed by atoms with Crippen LogP contribution < -0.4 is 22.9 Å². The summed E-state index contributed by atoms with van der Waals surface area (Å²) in [6, 6.07) is 6.13. The molecule has 0 unspecified atom stereocenters. The van der Waals surface area contributed by atoms with Crippen LogP contribution >= 0.6 is 0 Å². The molecule has 0 radical (unpaired) electrons. The molecule has 0 aliphatic carbocycles. The summed E-state index contributed by atoms with van der Waals surface area (Å²) in [6.07, 6.45) is 1.01. The highest BCUT2D eigenvalue weighted by molar-refractivity contribution is 5.86. The van der Waals surface area contributed by atoms with Crippen molar-refractivity contribution in [3.63, 3.8) is 0 Å². The molecule has 0 bridgehead atoms. The zero-order chi connectivity index (χ0) is 10.8. The Labute approximate surface area is 101 Å². The molecule has 2 aromatic rings. The van der Waals surface area contributed by atoms with Crippen molar-refractivity contribution < 1.29 is 22.9 Å². The van der Waals surface area contributed by atoms with Crippen molar-refractivity contribution in [2.45, 2.75) is 13.3 Å². The van der Waals surface area contributed by atoms with E-state index in [0.29, 0.717) is 0 Å². The van der Waals surface area contributed by atoms with Gasteiger partial charge in [-0.1, -0.05) is 0 Å². The lowest BCUT2D eigenvalue weighted by molar-refractivity contribution is -0.366. The minimum Gasteiger partial charge on any atom is -1.00 e. The van der Waals surface area contributed by atoms with Crippen LogP contribution in [0.15, 0.2) is 18.2 Å². The van der Waals surface area contributed by atoms with Gasteiger partial charge in [0.25, 0.3) is 0 Å². The van der Waals surface area contributed by atoms with Crippen molar-refractivity contribution in [3.05, 3.63) is 29.5 Å². The maximum Gasteiger partial charge on any atom is 0.119 e. The third-order valence-corrected chi connectivity index (χ3v) is 2.75. The number of methoxy groups -OCH3 is 1. The Hall–Kier alpha value is -1.19. The van der Waals surface area contributed by atoms with Gasteiger partial charge >= 0.3 is 0 Å². The van der Waals surface area contributed by atoms with Crippen molar-refractivity contribution in [1.29, 1.82) is 0 Å². The lowest BCUT2D eigenvalue weighted by Gasteiger charge is -2.00. The molecule has 0 saturated carbocycles. The van der Waals surface area contributed by atoms with Gasteiger partial charge in [0.1, 0.15) is 5.75 Å². The van der Waals surface area contributed by atoms with Crippen LogP contribution in [0.3, 0.4) is 0 Å². The van der Waals surface area contributed by atoms with Crippen LogP contribution in [0, 0.1) is 6.92 Å². The average molecular weight is 241 g/mol. The summed E-state index contributed by atoms with van der Waals surface area (Å²) in [7, 11) is 1.70. The van der Waals surface area contributed by atoms with Crippen LogP contribution in [0.25, 0.3) is 10.9 Å². The van der Waals surface area contributed by atoms with E-state index < -0.39 is 0 Å². The van der Waals surface area contributed by atoms with Crippen molar-refractivity contribution in [3.8, 4) is 5.75 Å². The lowest BCUT2D eigenvalue weighted by Crippen LogP contribution is -3.00. The summed E-state index contributed by atoms with van der Waals surface area (Å²) >= 11 is 0. The van der Waals surface area contributed by atoms with E-state index in [4.69, 9.17) is 4.74 Å². The summed E-state index contributed by atoms with van der Waals surface area (Å²) < 4.78 is 5.24. The molecule has 0 fully saturated rings. The fourth-order valence-corrected chi connectivity index (χ4v) is 1.99. The number of benzene rings is 1. The number of aryl methyl sites for hydroxylation is 1. The van der Waals surface area contributed by atoms with Gasteiger partial charge in [-0.2, -0.15) is 0 Å². The number of hydrogen-bond donors (Lipinski definition) is 2. The molecule has 88 valence electrons. The van der Waals surface area contributed by atoms with E-state index in [0.717, 1.165) is 18.7 Å². The van der Waals surface area contributed by atoms with E-state index in [2.05, 4.69) is 29.8 Å². The predicted octanol–water partition coefficient (Wildman–Crippen LogP) is -1.73. The Bertz CT molecular complexity index is 479. The third-order valence-electron chi connectivity index (χ3n) is 2.75. The first-order valence-corrected chi connectivity index (χ1v) is 5.20. The molecule has 0 amide bonds. The van der Waals surface area contributed by atoms with Crippen molar-refractivity contribution >= 4 is 10.9 Å². The van der Waals surface area contributed by atoms with E-state index in [1.54, 1.807) is 7.11 Å². The quantitative estimate of drug-likeness (QED) is 0.659. The minimum atomic E-state index is 0. The van der Waals surface area contributed by atoms with Crippen LogP contribution in [0.5, 0.6) is 5.75 Å². The molecule has 1 heterocycles. The van der Waals surface area contributed by atoms with Gasteiger partial charge in [0.15, 0.2) is 0 Å². The third kappa shape index (κ3) is 2.15. The van der Waals surface area contributed by atoms with Crippen LogP contribution in [-0.4, -0.2) is 18.6 Å². The summed E-state index contributed by atoms with van der Waals surface area (Å²) in [5, 5.41) is 1.26. The number of nitrogens with one attached hydrogen (secondary N) is 1. The molecule has 0 atom stereocenters. The fraction of sp³-hybridized carbons (Fsp3) is 0.333. The molecule has 0 saturated heterocycles. The highest BCUT2D eigenvalue weighted by atomic mass is 35.5. The van der Waals surface area contributed by atoms with E-state index in [1.807, 2.05) is 6.07 Å². The summed E-state index contributed by atoms with van der Waals surface area (Å²) in [6.45, 7) is 3.03. The van der Waals surface area contributed by atoms with Gasteiger partial charge < -0.3 is 27.9 Å². The molecule has 1 aromatic heterocycles. The molecular weight excluding hydrogens is 224 g/mol. The monoisotopic (exact) mass is 240 g/mol. The molecule has 0 aliphatic rings. The smallest absolute Gasteiger partial charge is 0.119 e. The number of aromatic amines is 1. The van der Waals surface area contributed by atoms with Gasteiger partial charge in [-0.3, -0.25) is 0 Å². The van der Waals surface area contributed by atoms with Gasteiger partial charge in [0.05, 0.1) is 13.7 Å². The van der Waals surface area contributed by atoms with Crippen molar-refractivity contribution in [1.82, 2.24) is 4.98 Å². The molecule has 3 nitrogen and oxygen atoms in total. The van der Waals surface area contributed by atoms with E-state index >= 15 is 0 Å². The fourth-order valence-electron chi connectivity index (χ4n) is 1.99. The van der Waals surface area contributed by atoms with Crippen LogP contribution in [0.2, 0.25) is 0 Å². The Balaban J connectivity index is 0.00000128. The van der Waals surface area contributed by atoms with Crippen molar-refractivity contribution in [2.75, 3.05) is 13.7 Å². The standard InChI is InChI=1S/C12H16N2O.ClH/c1-8-10(5-6-13)11-7-9(15-2)3-4-12(11)14-8;/h3-4,7,14H,5-6,13H2,1-2H3;1H. The predicted molar refractivity (Wildman–Crippen MR) is 61.0 cm³/mol. The number of halogens is 1. The Morgan fingerprint density at radius 3 is 2.75 bits per heavy atom. The van der Waals surface area contributed by atoms with Crippen LogP contribution in [0.1, 0.15) is 11.3 Å². The van der Waals surface area contributed by atoms with Gasteiger partial charge in [-0.05, 0) is 30.7 Å². The average Bonchev–Trinajstić information content (AvgIpc) is 2.55. The molecule has 4 N–H and O–H groups in total. The second-order valence-corrected chi connectivity index (χ2v) is 3.74. The summed E-state index contributed by atoms with van der Waals surface area (Å²) in [5.74, 6) is 0.909. The summed E-state index contributed by atoms with van der Waals surface area (Å²) in [4.78, 5) is 3.38. The molecule has 4 heteroatoms. The molecular formula is C12H17ClN2O. The number of rotatable bonds is 3. The normalized spacial score (nSPS) is 10.2. The number of H-pyrrole nitrogens is 1. The second kappa shape index (κ2) is 5.23. The number of fused-ring (bicyclic) bond motifs is 1. The van der Waals surface area contributed by atoms with Gasteiger partial charge in [-0.25, -0.2) is 0 Å². The molecule has 0 aliphatic heterocycles. The lowest BCUT2D eigenvalue weighted by atomic mass is 10.1. The highest BCUT2D eigenvalue weighted by Crippen LogP contribution is 2.26. The number of hydrogen-bond acceptors (Lipinski definition) is 1. The molecule has 1 aromatic carbocycles. The van der Waals surface area contributed by atoms with Crippen molar-refractivity contribution in [2.24, 2.45) is 0 Å². The van der Waals surface area contributed by atoms with E-state index in [1.165, 1.54) is 22.2 Å². The second-order valence-electron chi connectivity index (χ2n) is 3.74. The van der Waals surface area contributed by atoms with Crippen LogP contribution in [-0.2, 0) is 6.42 Å². The van der Waals surface area contributed by atoms with Gasteiger partial charge in [0.2, 0.25) is 0 Å². The largest absolute Gasteiger partial charge is 1.00 e. The van der Waals surface area contributed by atoms with Crippen LogP contribution in [0.4, 0.5) is 0 Å². The Morgan fingerprint density at radius 2 is 2.12 bits per heavy atom. The maximum absolute atomic E-state index is 5.24. The van der Waals surface area contributed by atoms with E-state index in [9.17, 15) is 0 Å². The van der Waals surface area contributed by atoms with E-state index in [-0.39, 0.29) is 12.4 Å². The zero-order valence-corrected chi connectivity index (χ0v) is 10.4. The van der Waals surface area contributed by atoms with Gasteiger partial charge in [-0.15, -0.1) is 0 Å². The minimum absolute atomic E-state index is 0. The number of aromatic nitrogens is 1. The molecule has 16 heavy (non-hydrogen) atoms. The molecule has 2 rings (SSSR count). The maximum atomic E-state index is 5.24.